The van der Waals surface area contributed by atoms with Crippen molar-refractivity contribution in [2.24, 2.45) is 0 Å². The maximum atomic E-state index is 12.4. The molecule has 0 aliphatic carbocycles. The Morgan fingerprint density at radius 3 is 2.32 bits per heavy atom. The van der Waals surface area contributed by atoms with Crippen molar-refractivity contribution in [2.75, 3.05) is 17.0 Å². The molecule has 0 unspecified atom stereocenters. The van der Waals surface area contributed by atoms with Crippen LogP contribution in [0.1, 0.15) is 21.5 Å². The van der Waals surface area contributed by atoms with E-state index in [1.807, 2.05) is 18.2 Å². The van der Waals surface area contributed by atoms with Gasteiger partial charge in [0.2, 0.25) is 0 Å². The van der Waals surface area contributed by atoms with E-state index < -0.39 is 10.0 Å². The van der Waals surface area contributed by atoms with Crippen molar-refractivity contribution in [3.63, 3.8) is 0 Å². The molecule has 0 aliphatic rings. The van der Waals surface area contributed by atoms with Crippen molar-refractivity contribution >= 4 is 33.4 Å². The molecule has 0 fully saturated rings. The number of amides is 1. The summed E-state index contributed by atoms with van der Waals surface area (Å²) in [6.07, 6.45) is 0. The first-order chi connectivity index (χ1) is 15.0. The molecule has 3 rings (SSSR count). The highest BCUT2D eigenvalue weighted by atomic mass is 32.2. The summed E-state index contributed by atoms with van der Waals surface area (Å²) in [5.74, 6) is 1.19. The third-order valence-corrected chi connectivity index (χ3v) is 6.79. The van der Waals surface area contributed by atoms with Gasteiger partial charge in [-0.2, -0.15) is 17.0 Å². The number of nitrogens with one attached hydrogen (secondary N) is 2. The van der Waals surface area contributed by atoms with E-state index in [4.69, 9.17) is 5.26 Å². The molecule has 0 bridgehead atoms. The van der Waals surface area contributed by atoms with Crippen molar-refractivity contribution in [2.45, 2.75) is 10.6 Å². The molecule has 0 spiro atoms. The van der Waals surface area contributed by atoms with Crippen molar-refractivity contribution < 1.29 is 13.2 Å². The standard InChI is InChI=1S/C23H21N3O3S2/c24-16-19-6-4-5-7-20(19)17-30-15-14-25-23(27)18-10-12-21(13-11-18)26-31(28,29)22-8-2-1-3-9-22/h1-13,26H,14-15,17H2,(H,25,27). The van der Waals surface area contributed by atoms with Crippen molar-refractivity contribution in [1.29, 1.82) is 5.26 Å². The number of carbonyl (C=O) groups excluding carboxylic acids is 1. The SMILES string of the molecule is N#Cc1ccccc1CSCCNC(=O)c1ccc(NS(=O)(=O)c2ccccc2)cc1. The van der Waals surface area contributed by atoms with Gasteiger partial charge in [0.1, 0.15) is 0 Å². The first kappa shape index (κ1) is 22.4. The van der Waals surface area contributed by atoms with Crippen LogP contribution < -0.4 is 10.0 Å². The first-order valence-corrected chi connectivity index (χ1v) is 12.2. The van der Waals surface area contributed by atoms with Gasteiger partial charge in [-0.25, -0.2) is 8.42 Å². The Morgan fingerprint density at radius 1 is 0.935 bits per heavy atom. The molecule has 1 amide bonds. The Kier molecular flexibility index (Phi) is 7.70. The lowest BCUT2D eigenvalue weighted by molar-refractivity contribution is 0.0956. The fraction of sp³-hybridized carbons (Fsp3) is 0.130. The Hall–Kier alpha value is -3.28. The minimum Gasteiger partial charge on any atom is -0.351 e. The van der Waals surface area contributed by atoms with Crippen LogP contribution in [-0.4, -0.2) is 26.6 Å². The van der Waals surface area contributed by atoms with Crippen LogP contribution in [0.2, 0.25) is 0 Å². The quantitative estimate of drug-likeness (QED) is 0.479. The summed E-state index contributed by atoms with van der Waals surface area (Å²) in [6.45, 7) is 0.487. The molecule has 3 aromatic rings. The molecule has 6 nitrogen and oxygen atoms in total. The second kappa shape index (κ2) is 10.7. The predicted molar refractivity (Wildman–Crippen MR) is 123 cm³/mol. The summed E-state index contributed by atoms with van der Waals surface area (Å²) >= 11 is 1.64. The van der Waals surface area contributed by atoms with E-state index in [-0.39, 0.29) is 10.8 Å². The number of rotatable bonds is 9. The molecule has 0 heterocycles. The smallest absolute Gasteiger partial charge is 0.261 e. The number of nitriles is 1. The number of hydrogen-bond acceptors (Lipinski definition) is 5. The van der Waals surface area contributed by atoms with Gasteiger partial charge in [-0.15, -0.1) is 0 Å². The lowest BCUT2D eigenvalue weighted by atomic mass is 10.1. The zero-order valence-electron chi connectivity index (χ0n) is 16.6. The van der Waals surface area contributed by atoms with Crippen LogP contribution in [0.4, 0.5) is 5.69 Å². The number of benzene rings is 3. The fourth-order valence-corrected chi connectivity index (χ4v) is 4.72. The number of thioether (sulfide) groups is 1. The molecule has 0 radical (unpaired) electrons. The van der Waals surface area contributed by atoms with Crippen molar-refractivity contribution in [3.05, 3.63) is 95.6 Å². The monoisotopic (exact) mass is 451 g/mol. The highest BCUT2D eigenvalue weighted by Crippen LogP contribution is 2.17. The van der Waals surface area contributed by atoms with E-state index >= 15 is 0 Å². The number of carbonyl (C=O) groups is 1. The lowest BCUT2D eigenvalue weighted by Crippen LogP contribution is -2.25. The van der Waals surface area contributed by atoms with Gasteiger partial charge < -0.3 is 5.32 Å². The number of nitrogens with zero attached hydrogens (tertiary/aromatic N) is 1. The van der Waals surface area contributed by atoms with Gasteiger partial charge in [0.15, 0.2) is 0 Å². The molecule has 0 aliphatic heterocycles. The lowest BCUT2D eigenvalue weighted by Gasteiger charge is -2.09. The summed E-state index contributed by atoms with van der Waals surface area (Å²) in [4.78, 5) is 12.5. The minimum atomic E-state index is -3.67. The second-order valence-electron chi connectivity index (χ2n) is 6.57. The van der Waals surface area contributed by atoms with Crippen molar-refractivity contribution in [3.8, 4) is 6.07 Å². The van der Waals surface area contributed by atoms with Crippen LogP contribution in [0.3, 0.4) is 0 Å². The highest BCUT2D eigenvalue weighted by molar-refractivity contribution is 7.98. The molecule has 0 atom stereocenters. The van der Waals surface area contributed by atoms with Crippen LogP contribution in [0.15, 0.2) is 83.8 Å². The second-order valence-corrected chi connectivity index (χ2v) is 9.36. The summed E-state index contributed by atoms with van der Waals surface area (Å²) in [7, 11) is -3.67. The van der Waals surface area contributed by atoms with Crippen LogP contribution in [0.25, 0.3) is 0 Å². The predicted octanol–water partition coefficient (Wildman–Crippen LogP) is 4.02. The average molecular weight is 452 g/mol. The van der Waals surface area contributed by atoms with E-state index in [0.717, 1.165) is 5.56 Å². The van der Waals surface area contributed by atoms with Crippen molar-refractivity contribution in [1.82, 2.24) is 5.32 Å². The summed E-state index contributed by atoms with van der Waals surface area (Å²) < 4.78 is 27.2. The molecular weight excluding hydrogens is 430 g/mol. The topological polar surface area (TPSA) is 99.1 Å². The van der Waals surface area contributed by atoms with Gasteiger partial charge in [-0.1, -0.05) is 36.4 Å². The highest BCUT2D eigenvalue weighted by Gasteiger charge is 2.13. The van der Waals surface area contributed by atoms with E-state index in [1.165, 1.54) is 12.1 Å². The summed E-state index contributed by atoms with van der Waals surface area (Å²) in [5, 5.41) is 11.9. The van der Waals surface area contributed by atoms with E-state index in [1.54, 1.807) is 60.3 Å². The minimum absolute atomic E-state index is 0.173. The van der Waals surface area contributed by atoms with E-state index in [2.05, 4.69) is 16.1 Å². The van der Waals surface area contributed by atoms with Crippen LogP contribution >= 0.6 is 11.8 Å². The van der Waals surface area contributed by atoms with Gasteiger partial charge in [0.25, 0.3) is 15.9 Å². The maximum absolute atomic E-state index is 12.4. The van der Waals surface area contributed by atoms with Gasteiger partial charge >= 0.3 is 0 Å². The molecule has 0 aromatic heterocycles. The fourth-order valence-electron chi connectivity index (χ4n) is 2.78. The number of hydrogen-bond donors (Lipinski definition) is 2. The largest absolute Gasteiger partial charge is 0.351 e. The number of anilines is 1. The third-order valence-electron chi connectivity index (χ3n) is 4.38. The Labute approximate surface area is 186 Å². The Balaban J connectivity index is 1.46. The molecule has 31 heavy (non-hydrogen) atoms. The number of sulfonamides is 1. The van der Waals surface area contributed by atoms with Gasteiger partial charge in [-0.05, 0) is 48.0 Å². The first-order valence-electron chi connectivity index (χ1n) is 9.51. The normalized spacial score (nSPS) is 10.8. The van der Waals surface area contributed by atoms with Crippen LogP contribution in [0, 0.1) is 11.3 Å². The van der Waals surface area contributed by atoms with Gasteiger partial charge in [-0.3, -0.25) is 9.52 Å². The summed E-state index contributed by atoms with van der Waals surface area (Å²) in [6, 6.07) is 24.0. The molecule has 3 aromatic carbocycles. The third kappa shape index (κ3) is 6.35. The average Bonchev–Trinajstić information content (AvgIpc) is 2.80. The van der Waals surface area contributed by atoms with Crippen LogP contribution in [-0.2, 0) is 15.8 Å². The zero-order chi connectivity index (χ0) is 22.1. The molecule has 0 saturated heterocycles. The van der Waals surface area contributed by atoms with Gasteiger partial charge in [0.05, 0.1) is 16.5 Å². The molecule has 8 heteroatoms. The van der Waals surface area contributed by atoms with E-state index in [0.29, 0.717) is 34.9 Å². The van der Waals surface area contributed by atoms with Gasteiger partial charge in [0, 0.05) is 29.3 Å². The maximum Gasteiger partial charge on any atom is 0.261 e. The van der Waals surface area contributed by atoms with Crippen LogP contribution in [0.5, 0.6) is 0 Å². The molecular formula is C23H21N3O3S2. The summed E-state index contributed by atoms with van der Waals surface area (Å²) in [5.41, 5.74) is 2.48. The van der Waals surface area contributed by atoms with E-state index in [9.17, 15) is 13.2 Å². The molecule has 158 valence electrons. The molecule has 0 saturated carbocycles. The Bertz CT molecular complexity index is 1170. The zero-order valence-corrected chi connectivity index (χ0v) is 18.2. The molecule has 2 N–H and O–H groups in total. The Morgan fingerprint density at radius 2 is 1.61 bits per heavy atom.